The Morgan fingerprint density at radius 3 is 1.59 bits per heavy atom. The molecule has 11 rings (SSSR count). The molecule has 0 amide bonds. The molecule has 0 aliphatic carbocycles. The van der Waals surface area contributed by atoms with Gasteiger partial charge in [0.05, 0.1) is 27.9 Å². The lowest BCUT2D eigenvalue weighted by atomic mass is 10.1. The van der Waals surface area contributed by atoms with Gasteiger partial charge in [0.25, 0.3) is 0 Å². The van der Waals surface area contributed by atoms with Crippen molar-refractivity contribution in [2.75, 3.05) is 0 Å². The summed E-state index contributed by atoms with van der Waals surface area (Å²) < 4.78 is 11.4. The average Bonchev–Trinajstić information content (AvgIpc) is 3.87. The molecule has 0 bridgehead atoms. The van der Waals surface area contributed by atoms with Gasteiger partial charge < -0.3 is 8.98 Å². The number of benzene rings is 7. The zero-order valence-corrected chi connectivity index (χ0v) is 27.4. The van der Waals surface area contributed by atoms with Crippen LogP contribution in [-0.4, -0.2) is 19.1 Å². The molecule has 0 atom stereocenters. The molecular weight excluding hydrogens is 625 g/mol. The predicted octanol–water partition coefficient (Wildman–Crippen LogP) is 11.9. The van der Waals surface area contributed by atoms with E-state index in [0.29, 0.717) is 5.95 Å². The second kappa shape index (κ2) is 10.8. The maximum absolute atomic E-state index is 6.79. The van der Waals surface area contributed by atoms with Gasteiger partial charge in [0, 0.05) is 49.1 Å². The molecular formula is C46H28N4O. The molecule has 0 radical (unpaired) electrons. The summed E-state index contributed by atoms with van der Waals surface area (Å²) in [7, 11) is 0. The first-order chi connectivity index (χ1) is 25.3. The minimum Gasteiger partial charge on any atom is -0.454 e. The van der Waals surface area contributed by atoms with E-state index >= 15 is 0 Å². The highest BCUT2D eigenvalue weighted by atomic mass is 16.3. The van der Waals surface area contributed by atoms with Gasteiger partial charge in [-0.1, -0.05) is 133 Å². The monoisotopic (exact) mass is 652 g/mol. The summed E-state index contributed by atoms with van der Waals surface area (Å²) >= 11 is 0. The van der Waals surface area contributed by atoms with E-state index in [9.17, 15) is 0 Å². The zero-order chi connectivity index (χ0) is 33.5. The molecule has 51 heavy (non-hydrogen) atoms. The lowest BCUT2D eigenvalue weighted by Gasteiger charge is -2.14. The zero-order valence-electron chi connectivity index (χ0n) is 27.4. The van der Waals surface area contributed by atoms with Gasteiger partial charge in [-0.15, -0.1) is 0 Å². The van der Waals surface area contributed by atoms with Crippen molar-refractivity contribution in [3.8, 4) is 34.2 Å². The second-order valence-corrected chi connectivity index (χ2v) is 13.0. The van der Waals surface area contributed by atoms with E-state index in [1.807, 2.05) is 24.3 Å². The Morgan fingerprint density at radius 2 is 0.902 bits per heavy atom. The van der Waals surface area contributed by atoms with Crippen molar-refractivity contribution in [3.05, 3.63) is 170 Å². The molecule has 0 aliphatic rings. The van der Waals surface area contributed by atoms with E-state index < -0.39 is 0 Å². The number of hydrogen-bond donors (Lipinski definition) is 0. The van der Waals surface area contributed by atoms with E-state index in [4.69, 9.17) is 14.4 Å². The van der Waals surface area contributed by atoms with Crippen LogP contribution in [0.2, 0.25) is 0 Å². The van der Waals surface area contributed by atoms with Crippen LogP contribution in [0.15, 0.2) is 174 Å². The molecule has 0 aliphatic heterocycles. The highest BCUT2D eigenvalue weighted by molar-refractivity contribution is 6.27. The van der Waals surface area contributed by atoms with Crippen LogP contribution in [0.4, 0.5) is 0 Å². The summed E-state index contributed by atoms with van der Waals surface area (Å²) in [5.41, 5.74) is 10.7. The molecule has 11 aromatic rings. The second-order valence-electron chi connectivity index (χ2n) is 13.0. The average molecular weight is 653 g/mol. The van der Waals surface area contributed by atoms with Crippen LogP contribution in [0.3, 0.4) is 0 Å². The lowest BCUT2D eigenvalue weighted by molar-refractivity contribution is 0.671. The third-order valence-electron chi connectivity index (χ3n) is 10.1. The van der Waals surface area contributed by atoms with Crippen molar-refractivity contribution in [3.63, 3.8) is 0 Å². The summed E-state index contributed by atoms with van der Waals surface area (Å²) in [5, 5.41) is 6.68. The van der Waals surface area contributed by atoms with Crippen LogP contribution in [-0.2, 0) is 0 Å². The Morgan fingerprint density at radius 1 is 0.392 bits per heavy atom. The van der Waals surface area contributed by atoms with Gasteiger partial charge >= 0.3 is 0 Å². The fourth-order valence-electron chi connectivity index (χ4n) is 7.90. The highest BCUT2D eigenvalue weighted by Gasteiger charge is 2.25. The van der Waals surface area contributed by atoms with Gasteiger partial charge in [-0.25, -0.2) is 9.97 Å². The van der Waals surface area contributed by atoms with E-state index in [1.165, 1.54) is 5.39 Å². The van der Waals surface area contributed by atoms with Crippen LogP contribution < -0.4 is 0 Å². The molecule has 0 saturated carbocycles. The normalized spacial score (nSPS) is 11.9. The number of hydrogen-bond acceptors (Lipinski definition) is 3. The van der Waals surface area contributed by atoms with Gasteiger partial charge in [-0.3, -0.25) is 4.57 Å². The Bertz CT molecular complexity index is 3060. The smallest absolute Gasteiger partial charge is 0.235 e. The number of rotatable bonds is 4. The topological polar surface area (TPSA) is 48.8 Å². The molecule has 4 aromatic heterocycles. The summed E-state index contributed by atoms with van der Waals surface area (Å²) in [5.74, 6) is 0.584. The quantitative estimate of drug-likeness (QED) is 0.190. The minimum atomic E-state index is 0.584. The fraction of sp³-hybridized carbons (Fsp3) is 0. The summed E-state index contributed by atoms with van der Waals surface area (Å²) in [6.07, 6.45) is 0. The fourth-order valence-corrected chi connectivity index (χ4v) is 7.90. The first kappa shape index (κ1) is 27.9. The molecule has 4 heterocycles. The summed E-state index contributed by atoms with van der Waals surface area (Å²) in [6, 6.07) is 59.3. The Hall–Kier alpha value is -6.98. The third-order valence-corrected chi connectivity index (χ3v) is 10.1. The molecule has 0 spiro atoms. The van der Waals surface area contributed by atoms with Crippen molar-refractivity contribution in [1.82, 2.24) is 19.1 Å². The first-order valence-corrected chi connectivity index (χ1v) is 17.2. The molecule has 0 fully saturated rings. The first-order valence-electron chi connectivity index (χ1n) is 17.2. The summed E-state index contributed by atoms with van der Waals surface area (Å²) in [6.45, 7) is 0. The van der Waals surface area contributed by atoms with Crippen molar-refractivity contribution >= 4 is 65.6 Å². The number of furan rings is 1. The van der Waals surface area contributed by atoms with Gasteiger partial charge in [0.15, 0.2) is 5.58 Å². The van der Waals surface area contributed by atoms with Gasteiger partial charge in [-0.05, 0) is 36.4 Å². The van der Waals surface area contributed by atoms with Crippen molar-refractivity contribution in [2.24, 2.45) is 0 Å². The number of nitrogens with zero attached hydrogens (tertiary/aromatic N) is 4. The van der Waals surface area contributed by atoms with Gasteiger partial charge in [0.1, 0.15) is 11.1 Å². The molecule has 0 N–H and O–H groups in total. The van der Waals surface area contributed by atoms with E-state index in [0.717, 1.165) is 88.4 Å². The van der Waals surface area contributed by atoms with Crippen molar-refractivity contribution in [2.45, 2.75) is 0 Å². The van der Waals surface area contributed by atoms with Gasteiger partial charge in [-0.2, -0.15) is 0 Å². The van der Waals surface area contributed by atoms with E-state index in [1.54, 1.807) is 0 Å². The summed E-state index contributed by atoms with van der Waals surface area (Å²) in [4.78, 5) is 10.8. The standard InChI is InChI=1S/C46H28N4O/c1-4-14-29(15-5-1)38-28-39(30-16-6-2-7-17-30)48-46(47-38)50-43-35(36-26-27-37-33-21-11-13-23-41(33)51-45(37)44(36)50)25-24-34-32-20-10-12-22-40(32)49(42(34)43)31-18-8-3-9-19-31/h1-28H. The van der Waals surface area contributed by atoms with Crippen LogP contribution >= 0.6 is 0 Å². The maximum Gasteiger partial charge on any atom is 0.235 e. The van der Waals surface area contributed by atoms with E-state index in [-0.39, 0.29) is 0 Å². The third kappa shape index (κ3) is 4.09. The SMILES string of the molecule is c1ccc(-c2cc(-c3ccccc3)nc(-n3c4c(ccc5c6ccccc6oc54)c4ccc5c6ccccc6n(-c6ccccc6)c5c43)n2)cc1. The Labute approximate surface area is 292 Å². The van der Waals surface area contributed by atoms with Crippen LogP contribution in [0.1, 0.15) is 0 Å². The van der Waals surface area contributed by atoms with Gasteiger partial charge in [0.2, 0.25) is 5.95 Å². The maximum atomic E-state index is 6.79. The van der Waals surface area contributed by atoms with Crippen molar-refractivity contribution in [1.29, 1.82) is 0 Å². The minimum absolute atomic E-state index is 0.584. The van der Waals surface area contributed by atoms with Crippen molar-refractivity contribution < 1.29 is 4.42 Å². The molecule has 238 valence electrons. The van der Waals surface area contributed by atoms with Crippen LogP contribution in [0, 0.1) is 0 Å². The predicted molar refractivity (Wildman–Crippen MR) is 209 cm³/mol. The van der Waals surface area contributed by atoms with Crippen LogP contribution in [0.5, 0.6) is 0 Å². The largest absolute Gasteiger partial charge is 0.454 e. The molecule has 0 unspecified atom stereocenters. The molecule has 5 nitrogen and oxygen atoms in total. The number of aromatic nitrogens is 4. The van der Waals surface area contributed by atoms with E-state index in [2.05, 4.69) is 155 Å². The Balaban J connectivity index is 1.39. The molecule has 7 aromatic carbocycles. The number of para-hydroxylation sites is 3. The lowest BCUT2D eigenvalue weighted by Crippen LogP contribution is -2.05. The Kier molecular flexibility index (Phi) is 5.89. The van der Waals surface area contributed by atoms with Crippen LogP contribution in [0.25, 0.3) is 99.7 Å². The molecule has 0 saturated heterocycles. The molecule has 5 heteroatoms. The highest BCUT2D eigenvalue weighted by Crippen LogP contribution is 2.45. The number of fused-ring (bicyclic) bond motifs is 11.